The second-order valence-corrected chi connectivity index (χ2v) is 7.48. The highest BCUT2D eigenvalue weighted by atomic mass is 32.2. The third-order valence-electron chi connectivity index (χ3n) is 3.44. The summed E-state index contributed by atoms with van der Waals surface area (Å²) in [6, 6.07) is 13.3. The number of sulfonamides is 1. The normalized spacial score (nSPS) is 11.5. The summed E-state index contributed by atoms with van der Waals surface area (Å²) in [5.41, 5.74) is 2.06. The third kappa shape index (κ3) is 4.43. The van der Waals surface area contributed by atoms with Gasteiger partial charge in [-0.1, -0.05) is 31.2 Å². The largest absolute Gasteiger partial charge is 0.322 e. The van der Waals surface area contributed by atoms with Gasteiger partial charge in [0.05, 0.1) is 4.90 Å². The maximum atomic E-state index is 12.5. The summed E-state index contributed by atoms with van der Waals surface area (Å²) in [6.07, 6.45) is 0.795. The molecule has 2 rings (SSSR count). The number of nitrogens with one attached hydrogen (secondary N) is 2. The number of carbonyl (C=O) groups excluding carboxylic acids is 1. The van der Waals surface area contributed by atoms with Crippen LogP contribution in [0.15, 0.2) is 53.4 Å². The molecule has 0 radical (unpaired) electrons. The van der Waals surface area contributed by atoms with Gasteiger partial charge in [-0.15, -0.1) is 0 Å². The van der Waals surface area contributed by atoms with E-state index in [4.69, 9.17) is 0 Å². The number of benzene rings is 2. The molecular formula is C18H22N2O3S. The Morgan fingerprint density at radius 2 is 1.79 bits per heavy atom. The van der Waals surface area contributed by atoms with Gasteiger partial charge < -0.3 is 5.32 Å². The van der Waals surface area contributed by atoms with Gasteiger partial charge in [-0.25, -0.2) is 13.1 Å². The standard InChI is InChI=1S/C18H22N2O3S/c1-4-14-8-5-6-11-17(14)19-18(21)15-9-7-10-16(12-15)24(22,23)20-13(2)3/h5-13,20H,4H2,1-3H3,(H,19,21). The van der Waals surface area contributed by atoms with Gasteiger partial charge in [0.15, 0.2) is 0 Å². The monoisotopic (exact) mass is 346 g/mol. The molecule has 6 heteroatoms. The fourth-order valence-electron chi connectivity index (χ4n) is 2.33. The quantitative estimate of drug-likeness (QED) is 0.843. The highest BCUT2D eigenvalue weighted by Crippen LogP contribution is 2.18. The molecule has 128 valence electrons. The minimum atomic E-state index is -3.63. The number of hydrogen-bond acceptors (Lipinski definition) is 3. The van der Waals surface area contributed by atoms with Crippen molar-refractivity contribution in [1.82, 2.24) is 4.72 Å². The Balaban J connectivity index is 2.27. The Labute approximate surface area is 143 Å². The van der Waals surface area contributed by atoms with Crippen molar-refractivity contribution in [2.45, 2.75) is 38.1 Å². The lowest BCUT2D eigenvalue weighted by Gasteiger charge is -2.12. The Hall–Kier alpha value is -2.18. The van der Waals surface area contributed by atoms with E-state index < -0.39 is 10.0 Å². The first-order valence-corrected chi connectivity index (χ1v) is 9.33. The van der Waals surface area contributed by atoms with Crippen LogP contribution in [-0.4, -0.2) is 20.4 Å². The van der Waals surface area contributed by atoms with Gasteiger partial charge in [-0.05, 0) is 50.1 Å². The number of para-hydroxylation sites is 1. The van der Waals surface area contributed by atoms with Crippen molar-refractivity contribution in [1.29, 1.82) is 0 Å². The van der Waals surface area contributed by atoms with E-state index in [0.29, 0.717) is 5.56 Å². The van der Waals surface area contributed by atoms with E-state index >= 15 is 0 Å². The number of hydrogen-bond donors (Lipinski definition) is 2. The van der Waals surface area contributed by atoms with Gasteiger partial charge in [0.1, 0.15) is 0 Å². The minimum Gasteiger partial charge on any atom is -0.322 e. The minimum absolute atomic E-state index is 0.0765. The van der Waals surface area contributed by atoms with Gasteiger partial charge in [0.25, 0.3) is 5.91 Å². The van der Waals surface area contributed by atoms with Crippen LogP contribution in [0, 0.1) is 0 Å². The van der Waals surface area contributed by atoms with Crippen molar-refractivity contribution in [3.8, 4) is 0 Å². The summed E-state index contributed by atoms with van der Waals surface area (Å²) >= 11 is 0. The zero-order valence-corrected chi connectivity index (χ0v) is 14.9. The van der Waals surface area contributed by atoms with E-state index in [1.807, 2.05) is 31.2 Å². The topological polar surface area (TPSA) is 75.3 Å². The zero-order chi connectivity index (χ0) is 17.7. The van der Waals surface area contributed by atoms with E-state index in [-0.39, 0.29) is 16.8 Å². The summed E-state index contributed by atoms with van der Waals surface area (Å²) in [5.74, 6) is -0.336. The lowest BCUT2D eigenvalue weighted by atomic mass is 10.1. The molecule has 0 spiro atoms. The average molecular weight is 346 g/mol. The summed E-state index contributed by atoms with van der Waals surface area (Å²) in [4.78, 5) is 12.5. The zero-order valence-electron chi connectivity index (χ0n) is 14.0. The van der Waals surface area contributed by atoms with E-state index in [1.54, 1.807) is 26.0 Å². The summed E-state index contributed by atoms with van der Waals surface area (Å²) in [6.45, 7) is 5.50. The van der Waals surface area contributed by atoms with Crippen LogP contribution in [0.25, 0.3) is 0 Å². The maximum absolute atomic E-state index is 12.5. The Bertz CT molecular complexity index is 830. The predicted molar refractivity (Wildman–Crippen MR) is 95.7 cm³/mol. The molecule has 0 heterocycles. The molecule has 2 aromatic rings. The van der Waals surface area contributed by atoms with E-state index in [0.717, 1.165) is 17.7 Å². The van der Waals surface area contributed by atoms with Crippen molar-refractivity contribution in [2.24, 2.45) is 0 Å². The number of amides is 1. The lowest BCUT2D eigenvalue weighted by molar-refractivity contribution is 0.102. The van der Waals surface area contributed by atoms with Crippen LogP contribution in [0.3, 0.4) is 0 Å². The molecule has 5 nitrogen and oxygen atoms in total. The molecule has 24 heavy (non-hydrogen) atoms. The summed E-state index contributed by atoms with van der Waals surface area (Å²) in [5, 5.41) is 2.84. The van der Waals surface area contributed by atoms with Gasteiger partial charge in [0, 0.05) is 17.3 Å². The van der Waals surface area contributed by atoms with E-state index in [1.165, 1.54) is 12.1 Å². The molecule has 0 aromatic heterocycles. The molecule has 0 fully saturated rings. The van der Waals surface area contributed by atoms with Crippen LogP contribution in [0.4, 0.5) is 5.69 Å². The predicted octanol–water partition coefficient (Wildman–Crippen LogP) is 3.19. The van der Waals surface area contributed by atoms with E-state index in [2.05, 4.69) is 10.0 Å². The van der Waals surface area contributed by atoms with Crippen molar-refractivity contribution >= 4 is 21.6 Å². The molecule has 0 aliphatic carbocycles. The molecule has 0 saturated carbocycles. The molecular weight excluding hydrogens is 324 g/mol. The lowest BCUT2D eigenvalue weighted by Crippen LogP contribution is -2.30. The van der Waals surface area contributed by atoms with Crippen LogP contribution >= 0.6 is 0 Å². The van der Waals surface area contributed by atoms with E-state index in [9.17, 15) is 13.2 Å². The van der Waals surface area contributed by atoms with Crippen LogP contribution in [0.5, 0.6) is 0 Å². The van der Waals surface area contributed by atoms with Gasteiger partial charge in [0.2, 0.25) is 10.0 Å². The maximum Gasteiger partial charge on any atom is 0.255 e. The van der Waals surface area contributed by atoms with Crippen LogP contribution in [0.1, 0.15) is 36.7 Å². The first-order valence-electron chi connectivity index (χ1n) is 7.85. The molecule has 0 aliphatic rings. The van der Waals surface area contributed by atoms with Crippen LogP contribution in [-0.2, 0) is 16.4 Å². The Morgan fingerprint density at radius 1 is 1.08 bits per heavy atom. The number of carbonyl (C=O) groups is 1. The fraction of sp³-hybridized carbons (Fsp3) is 0.278. The van der Waals surface area contributed by atoms with Gasteiger partial charge in [-0.2, -0.15) is 0 Å². The molecule has 2 aromatic carbocycles. The summed E-state index contributed by atoms with van der Waals surface area (Å²) < 4.78 is 27.0. The SMILES string of the molecule is CCc1ccccc1NC(=O)c1cccc(S(=O)(=O)NC(C)C)c1. The molecule has 0 unspecified atom stereocenters. The molecule has 0 saturated heterocycles. The smallest absolute Gasteiger partial charge is 0.255 e. The molecule has 0 aliphatic heterocycles. The first-order chi connectivity index (χ1) is 11.3. The first kappa shape index (κ1) is 18.2. The van der Waals surface area contributed by atoms with Crippen molar-refractivity contribution in [3.05, 3.63) is 59.7 Å². The van der Waals surface area contributed by atoms with Crippen molar-refractivity contribution < 1.29 is 13.2 Å². The van der Waals surface area contributed by atoms with Crippen LogP contribution < -0.4 is 10.0 Å². The number of aryl methyl sites for hydroxylation is 1. The third-order valence-corrected chi connectivity index (χ3v) is 5.10. The number of anilines is 1. The number of rotatable bonds is 6. The molecule has 1 amide bonds. The van der Waals surface area contributed by atoms with Gasteiger partial charge >= 0.3 is 0 Å². The molecule has 0 atom stereocenters. The van der Waals surface area contributed by atoms with Crippen molar-refractivity contribution in [2.75, 3.05) is 5.32 Å². The summed E-state index contributed by atoms with van der Waals surface area (Å²) in [7, 11) is -3.63. The average Bonchev–Trinajstić information content (AvgIpc) is 2.54. The Morgan fingerprint density at radius 3 is 2.46 bits per heavy atom. The molecule has 0 bridgehead atoms. The Kier molecular flexibility index (Phi) is 5.75. The second-order valence-electron chi connectivity index (χ2n) is 5.77. The highest BCUT2D eigenvalue weighted by molar-refractivity contribution is 7.89. The second kappa shape index (κ2) is 7.59. The van der Waals surface area contributed by atoms with Crippen molar-refractivity contribution in [3.63, 3.8) is 0 Å². The fourth-order valence-corrected chi connectivity index (χ4v) is 3.62. The molecule has 2 N–H and O–H groups in total. The van der Waals surface area contributed by atoms with Gasteiger partial charge in [-0.3, -0.25) is 4.79 Å². The highest BCUT2D eigenvalue weighted by Gasteiger charge is 2.17. The van der Waals surface area contributed by atoms with Crippen LogP contribution in [0.2, 0.25) is 0 Å².